The zero-order valence-corrected chi connectivity index (χ0v) is 13.2. The first kappa shape index (κ1) is 18.2. The summed E-state index contributed by atoms with van der Waals surface area (Å²) in [6.07, 6.45) is -3.35. The van der Waals surface area contributed by atoms with Crippen LogP contribution in [0.15, 0.2) is 0 Å². The lowest BCUT2D eigenvalue weighted by Gasteiger charge is -2.47. The van der Waals surface area contributed by atoms with Gasteiger partial charge in [0.25, 0.3) is 0 Å². The summed E-state index contributed by atoms with van der Waals surface area (Å²) < 4.78 is 59.4. The van der Waals surface area contributed by atoms with E-state index in [-0.39, 0.29) is 37.7 Å². The van der Waals surface area contributed by atoms with E-state index >= 15 is 0 Å². The summed E-state index contributed by atoms with van der Waals surface area (Å²) in [5.41, 5.74) is -0.752. The van der Waals surface area contributed by atoms with Gasteiger partial charge >= 0.3 is 6.18 Å². The SMILES string of the molecule is CC1(C)CN(CC(F)(F)F)CCN1C(=O)CCS(C)(=O)=O. The van der Waals surface area contributed by atoms with Crippen molar-refractivity contribution in [1.82, 2.24) is 9.80 Å². The summed E-state index contributed by atoms with van der Waals surface area (Å²) in [6, 6.07) is 0. The number of sulfone groups is 1. The molecule has 0 bridgehead atoms. The number of amides is 1. The quantitative estimate of drug-likeness (QED) is 0.769. The van der Waals surface area contributed by atoms with Crippen LogP contribution in [0.4, 0.5) is 13.2 Å². The molecule has 0 aromatic heterocycles. The van der Waals surface area contributed by atoms with Crippen LogP contribution in [0.25, 0.3) is 0 Å². The first-order chi connectivity index (χ1) is 9.30. The van der Waals surface area contributed by atoms with Crippen LogP contribution in [0.3, 0.4) is 0 Å². The first-order valence-corrected chi connectivity index (χ1v) is 8.63. The van der Waals surface area contributed by atoms with Gasteiger partial charge in [-0.25, -0.2) is 8.42 Å². The van der Waals surface area contributed by atoms with Crippen molar-refractivity contribution in [3.8, 4) is 0 Å². The van der Waals surface area contributed by atoms with E-state index in [2.05, 4.69) is 0 Å². The highest BCUT2D eigenvalue weighted by molar-refractivity contribution is 7.90. The minimum absolute atomic E-state index is 0.108. The van der Waals surface area contributed by atoms with Gasteiger partial charge in [0.05, 0.1) is 12.3 Å². The molecule has 1 rings (SSSR count). The van der Waals surface area contributed by atoms with Crippen LogP contribution in [-0.4, -0.2) is 74.0 Å². The van der Waals surface area contributed by atoms with Crippen LogP contribution in [0, 0.1) is 0 Å². The Balaban J connectivity index is 2.65. The maximum Gasteiger partial charge on any atom is 0.401 e. The van der Waals surface area contributed by atoms with E-state index in [1.807, 2.05) is 0 Å². The van der Waals surface area contributed by atoms with Crippen LogP contribution in [0.5, 0.6) is 0 Å². The highest BCUT2D eigenvalue weighted by Gasteiger charge is 2.40. The van der Waals surface area contributed by atoms with E-state index in [1.54, 1.807) is 13.8 Å². The van der Waals surface area contributed by atoms with Crippen LogP contribution in [-0.2, 0) is 14.6 Å². The Bertz CT molecular complexity index is 488. The zero-order valence-electron chi connectivity index (χ0n) is 12.4. The first-order valence-electron chi connectivity index (χ1n) is 6.57. The van der Waals surface area contributed by atoms with Crippen molar-refractivity contribution < 1.29 is 26.4 Å². The number of hydrogen-bond donors (Lipinski definition) is 0. The summed E-state index contributed by atoms with van der Waals surface area (Å²) in [6.45, 7) is 2.79. The second kappa shape index (κ2) is 6.12. The molecule has 1 aliphatic heterocycles. The summed E-state index contributed by atoms with van der Waals surface area (Å²) in [7, 11) is -3.24. The Morgan fingerprint density at radius 3 is 2.24 bits per heavy atom. The summed E-state index contributed by atoms with van der Waals surface area (Å²) in [4.78, 5) is 14.8. The lowest BCUT2D eigenvalue weighted by atomic mass is 9.98. The lowest BCUT2D eigenvalue weighted by Crippen LogP contribution is -2.62. The molecule has 124 valence electrons. The van der Waals surface area contributed by atoms with E-state index in [1.165, 1.54) is 9.80 Å². The molecule has 0 aliphatic carbocycles. The average Bonchev–Trinajstić information content (AvgIpc) is 2.21. The van der Waals surface area contributed by atoms with E-state index < -0.39 is 28.1 Å². The Morgan fingerprint density at radius 2 is 1.81 bits per heavy atom. The van der Waals surface area contributed by atoms with E-state index in [0.29, 0.717) is 0 Å². The molecule has 0 N–H and O–H groups in total. The van der Waals surface area contributed by atoms with Gasteiger partial charge < -0.3 is 4.90 Å². The molecule has 1 saturated heterocycles. The minimum atomic E-state index is -4.27. The van der Waals surface area contributed by atoms with Gasteiger partial charge in [0.1, 0.15) is 9.84 Å². The predicted octanol–water partition coefficient (Wildman–Crippen LogP) is 0.906. The smallest absolute Gasteiger partial charge is 0.335 e. The van der Waals surface area contributed by atoms with Gasteiger partial charge in [-0.2, -0.15) is 13.2 Å². The maximum atomic E-state index is 12.4. The molecule has 1 amide bonds. The molecular weight excluding hydrogens is 309 g/mol. The van der Waals surface area contributed by atoms with E-state index in [0.717, 1.165) is 6.26 Å². The van der Waals surface area contributed by atoms with Crippen LogP contribution in [0.1, 0.15) is 20.3 Å². The topological polar surface area (TPSA) is 57.7 Å². The normalized spacial score (nSPS) is 20.6. The van der Waals surface area contributed by atoms with E-state index in [9.17, 15) is 26.4 Å². The molecule has 1 aliphatic rings. The molecule has 0 radical (unpaired) electrons. The Kier molecular flexibility index (Phi) is 5.31. The standard InChI is InChI=1S/C12H21F3N2O3S/c1-11(2)8-16(9-12(13,14)15)5-6-17(11)10(18)4-7-21(3,19)20/h4-9H2,1-3H3. The molecule has 0 saturated carbocycles. The number of rotatable bonds is 4. The molecule has 9 heteroatoms. The molecule has 0 aromatic rings. The van der Waals surface area contributed by atoms with Gasteiger partial charge in [0.15, 0.2) is 0 Å². The van der Waals surface area contributed by atoms with Gasteiger partial charge in [-0.1, -0.05) is 0 Å². The Morgan fingerprint density at radius 1 is 1.24 bits per heavy atom. The van der Waals surface area contributed by atoms with Crippen LogP contribution < -0.4 is 0 Å². The van der Waals surface area contributed by atoms with Crippen molar-refractivity contribution in [2.24, 2.45) is 0 Å². The van der Waals surface area contributed by atoms with Gasteiger partial charge in [-0.3, -0.25) is 9.69 Å². The van der Waals surface area contributed by atoms with Crippen LogP contribution in [0.2, 0.25) is 0 Å². The van der Waals surface area contributed by atoms with Gasteiger partial charge in [0, 0.05) is 37.8 Å². The Hall–Kier alpha value is -0.830. The molecule has 0 aromatic carbocycles. The summed E-state index contributed by atoms with van der Waals surface area (Å²) >= 11 is 0. The molecular formula is C12H21F3N2O3S. The molecule has 0 unspecified atom stereocenters. The summed E-state index contributed by atoms with van der Waals surface area (Å²) in [5, 5.41) is 0. The number of piperazine rings is 1. The number of halogens is 3. The van der Waals surface area contributed by atoms with Crippen molar-refractivity contribution in [3.63, 3.8) is 0 Å². The number of nitrogens with zero attached hydrogens (tertiary/aromatic N) is 2. The molecule has 1 heterocycles. The molecule has 1 fully saturated rings. The fourth-order valence-electron chi connectivity index (χ4n) is 2.51. The molecule has 5 nitrogen and oxygen atoms in total. The number of hydrogen-bond acceptors (Lipinski definition) is 4. The monoisotopic (exact) mass is 330 g/mol. The second-order valence-electron chi connectivity index (χ2n) is 6.06. The van der Waals surface area contributed by atoms with Gasteiger partial charge in [-0.15, -0.1) is 0 Å². The van der Waals surface area contributed by atoms with Gasteiger partial charge in [0.2, 0.25) is 5.91 Å². The van der Waals surface area contributed by atoms with Crippen molar-refractivity contribution in [3.05, 3.63) is 0 Å². The van der Waals surface area contributed by atoms with E-state index in [4.69, 9.17) is 0 Å². The second-order valence-corrected chi connectivity index (χ2v) is 8.32. The fourth-order valence-corrected chi connectivity index (χ4v) is 3.06. The number of carbonyl (C=O) groups excluding carboxylic acids is 1. The third-order valence-electron chi connectivity index (χ3n) is 3.37. The lowest BCUT2D eigenvalue weighted by molar-refractivity contribution is -0.160. The highest BCUT2D eigenvalue weighted by atomic mass is 32.2. The fraction of sp³-hybridized carbons (Fsp3) is 0.917. The Labute approximate surface area is 123 Å². The third-order valence-corrected chi connectivity index (χ3v) is 4.32. The molecule has 0 spiro atoms. The van der Waals surface area contributed by atoms with Crippen molar-refractivity contribution in [2.45, 2.75) is 32.0 Å². The summed E-state index contributed by atoms with van der Waals surface area (Å²) in [5.74, 6) is -0.581. The van der Waals surface area contributed by atoms with Crippen molar-refractivity contribution in [2.75, 3.05) is 38.2 Å². The number of carbonyl (C=O) groups is 1. The molecule has 21 heavy (non-hydrogen) atoms. The average molecular weight is 330 g/mol. The van der Waals surface area contributed by atoms with Crippen molar-refractivity contribution in [1.29, 1.82) is 0 Å². The van der Waals surface area contributed by atoms with Crippen molar-refractivity contribution >= 4 is 15.7 Å². The maximum absolute atomic E-state index is 12.4. The minimum Gasteiger partial charge on any atom is -0.335 e. The largest absolute Gasteiger partial charge is 0.401 e. The predicted molar refractivity (Wildman–Crippen MR) is 72.6 cm³/mol. The highest BCUT2D eigenvalue weighted by Crippen LogP contribution is 2.25. The zero-order chi connectivity index (χ0) is 16.5. The third kappa shape index (κ3) is 6.21. The number of alkyl halides is 3. The van der Waals surface area contributed by atoms with Gasteiger partial charge in [-0.05, 0) is 13.8 Å². The molecule has 0 atom stereocenters. The van der Waals surface area contributed by atoms with Crippen LogP contribution >= 0.6 is 0 Å².